The number of nitrogens with two attached hydrogens (primary N) is 2. The van der Waals surface area contributed by atoms with Crippen LogP contribution in [-0.4, -0.2) is 22.1 Å². The molecule has 30 heavy (non-hydrogen) atoms. The van der Waals surface area contributed by atoms with E-state index in [0.717, 1.165) is 16.5 Å². The van der Waals surface area contributed by atoms with Gasteiger partial charge in [-0.15, -0.1) is 0 Å². The lowest BCUT2D eigenvalue weighted by molar-refractivity contribution is 0.299. The normalized spacial score (nSPS) is 10.5. The van der Waals surface area contributed by atoms with Gasteiger partial charge in [0.05, 0.1) is 12.8 Å². The second kappa shape index (κ2) is 7.93. The number of anilines is 2. The molecule has 4 aromatic rings. The molecule has 0 saturated heterocycles. The molecule has 2 heterocycles. The van der Waals surface area contributed by atoms with E-state index in [0.29, 0.717) is 22.8 Å². The lowest BCUT2D eigenvalue weighted by Crippen LogP contribution is -2.05. The van der Waals surface area contributed by atoms with E-state index < -0.39 is 0 Å². The van der Waals surface area contributed by atoms with Crippen molar-refractivity contribution in [3.8, 4) is 28.8 Å². The van der Waals surface area contributed by atoms with E-state index in [1.807, 2.05) is 42.5 Å². The third kappa shape index (κ3) is 3.52. The van der Waals surface area contributed by atoms with Crippen molar-refractivity contribution in [2.75, 3.05) is 18.6 Å². The summed E-state index contributed by atoms with van der Waals surface area (Å²) >= 11 is 0. The molecule has 0 saturated carbocycles. The second-order valence-electron chi connectivity index (χ2n) is 6.45. The van der Waals surface area contributed by atoms with Gasteiger partial charge in [-0.2, -0.15) is 10.2 Å². The predicted octanol–water partition coefficient (Wildman–Crippen LogP) is 3.32. The number of ether oxygens (including phenoxy) is 2. The molecule has 2 aromatic heterocycles. The van der Waals surface area contributed by atoms with Crippen molar-refractivity contribution in [1.82, 2.24) is 15.0 Å². The Morgan fingerprint density at radius 1 is 1.03 bits per heavy atom. The average Bonchev–Trinajstić information content (AvgIpc) is 2.77. The van der Waals surface area contributed by atoms with Crippen LogP contribution in [0.3, 0.4) is 0 Å². The van der Waals surface area contributed by atoms with E-state index in [1.54, 1.807) is 25.4 Å². The fourth-order valence-corrected chi connectivity index (χ4v) is 3.20. The Kier molecular flexibility index (Phi) is 5.01. The number of nitrogen functional groups attached to an aromatic ring is 2. The fourth-order valence-electron chi connectivity index (χ4n) is 3.20. The first-order valence-electron chi connectivity index (χ1n) is 9.07. The van der Waals surface area contributed by atoms with Crippen LogP contribution in [0.15, 0.2) is 54.7 Å². The van der Waals surface area contributed by atoms with Gasteiger partial charge in [0.25, 0.3) is 0 Å². The van der Waals surface area contributed by atoms with Gasteiger partial charge in [-0.1, -0.05) is 18.2 Å². The zero-order valence-electron chi connectivity index (χ0n) is 16.2. The molecule has 0 aliphatic rings. The summed E-state index contributed by atoms with van der Waals surface area (Å²) in [5.41, 5.74) is 14.3. The smallest absolute Gasteiger partial charge is 0.222 e. The predicted molar refractivity (Wildman–Crippen MR) is 114 cm³/mol. The number of nitriles is 1. The number of methoxy groups -OCH3 is 1. The van der Waals surface area contributed by atoms with E-state index in [2.05, 4.69) is 15.0 Å². The van der Waals surface area contributed by atoms with Gasteiger partial charge in [-0.25, -0.2) is 4.98 Å². The summed E-state index contributed by atoms with van der Waals surface area (Å²) in [6.07, 6.45) is 1.73. The van der Waals surface area contributed by atoms with Gasteiger partial charge < -0.3 is 20.9 Å². The number of rotatable bonds is 5. The van der Waals surface area contributed by atoms with Crippen molar-refractivity contribution < 1.29 is 9.47 Å². The highest BCUT2D eigenvalue weighted by atomic mass is 16.5. The van der Waals surface area contributed by atoms with Crippen LogP contribution in [0.2, 0.25) is 0 Å². The van der Waals surface area contributed by atoms with Crippen LogP contribution < -0.4 is 20.9 Å². The van der Waals surface area contributed by atoms with Gasteiger partial charge in [0.2, 0.25) is 5.95 Å². The minimum absolute atomic E-state index is 0.00283. The Hall–Kier alpha value is -4.38. The van der Waals surface area contributed by atoms with Crippen LogP contribution in [-0.2, 0) is 6.61 Å². The summed E-state index contributed by atoms with van der Waals surface area (Å²) in [5.74, 6) is 1.33. The summed E-state index contributed by atoms with van der Waals surface area (Å²) in [5, 5.41) is 10.5. The summed E-state index contributed by atoms with van der Waals surface area (Å²) in [6, 6.07) is 17.0. The van der Waals surface area contributed by atoms with Gasteiger partial charge in [0, 0.05) is 22.7 Å². The third-order valence-corrected chi connectivity index (χ3v) is 4.60. The van der Waals surface area contributed by atoms with E-state index >= 15 is 0 Å². The number of aromatic nitrogens is 3. The van der Waals surface area contributed by atoms with Gasteiger partial charge in [0.1, 0.15) is 41.1 Å². The molecule has 8 nitrogen and oxygen atoms in total. The molecule has 148 valence electrons. The minimum atomic E-state index is -0.00283. The summed E-state index contributed by atoms with van der Waals surface area (Å²) in [7, 11) is 1.58. The van der Waals surface area contributed by atoms with Crippen LogP contribution in [0.25, 0.3) is 22.2 Å². The molecule has 0 aliphatic carbocycles. The van der Waals surface area contributed by atoms with Crippen molar-refractivity contribution in [2.45, 2.75) is 6.61 Å². The lowest BCUT2D eigenvalue weighted by atomic mass is 10.0. The summed E-state index contributed by atoms with van der Waals surface area (Å²) in [4.78, 5) is 12.5. The van der Waals surface area contributed by atoms with E-state index in [-0.39, 0.29) is 23.9 Å². The first-order valence-corrected chi connectivity index (χ1v) is 9.07. The first-order chi connectivity index (χ1) is 14.6. The van der Waals surface area contributed by atoms with Crippen molar-refractivity contribution in [3.63, 3.8) is 0 Å². The third-order valence-electron chi connectivity index (χ3n) is 4.60. The van der Waals surface area contributed by atoms with Gasteiger partial charge in [-0.3, -0.25) is 4.98 Å². The summed E-state index contributed by atoms with van der Waals surface area (Å²) < 4.78 is 11.5. The zero-order chi connectivity index (χ0) is 21.1. The first kappa shape index (κ1) is 19.0. The number of benzene rings is 2. The van der Waals surface area contributed by atoms with Crippen molar-refractivity contribution >= 4 is 22.7 Å². The van der Waals surface area contributed by atoms with Crippen LogP contribution >= 0.6 is 0 Å². The van der Waals surface area contributed by atoms with E-state index in [9.17, 15) is 5.26 Å². The SMILES string of the molecule is COc1ccc(-c2nc(N)nc(N)c2C#N)cc1COc1cccc2cccnc12. The highest BCUT2D eigenvalue weighted by Crippen LogP contribution is 2.31. The second-order valence-corrected chi connectivity index (χ2v) is 6.45. The molecular weight excluding hydrogens is 380 g/mol. The number of hydrogen-bond acceptors (Lipinski definition) is 8. The Morgan fingerprint density at radius 3 is 2.67 bits per heavy atom. The standard InChI is InChI=1S/C22H18N6O2/c1-29-17-8-7-14(19-16(11-23)21(24)28-22(25)27-19)10-15(17)12-30-18-6-2-4-13-5-3-9-26-20(13)18/h2-10H,12H2,1H3,(H4,24,25,27,28). The van der Waals surface area contributed by atoms with E-state index in [1.165, 1.54) is 0 Å². The van der Waals surface area contributed by atoms with Crippen molar-refractivity contribution in [3.05, 3.63) is 65.9 Å². The number of pyridine rings is 1. The van der Waals surface area contributed by atoms with E-state index in [4.69, 9.17) is 20.9 Å². The molecule has 4 N–H and O–H groups in total. The highest BCUT2D eigenvalue weighted by molar-refractivity contribution is 5.84. The Morgan fingerprint density at radius 2 is 1.87 bits per heavy atom. The summed E-state index contributed by atoms with van der Waals surface area (Å²) in [6.45, 7) is 0.227. The van der Waals surface area contributed by atoms with Crippen molar-refractivity contribution in [1.29, 1.82) is 5.26 Å². The van der Waals surface area contributed by atoms with Gasteiger partial charge in [-0.05, 0) is 30.3 Å². The molecule has 0 unspecified atom stereocenters. The molecule has 0 amide bonds. The monoisotopic (exact) mass is 398 g/mol. The molecule has 0 bridgehead atoms. The molecule has 0 radical (unpaired) electrons. The quantitative estimate of drug-likeness (QED) is 0.523. The fraction of sp³-hybridized carbons (Fsp3) is 0.0909. The minimum Gasteiger partial charge on any atom is -0.496 e. The maximum Gasteiger partial charge on any atom is 0.222 e. The number of hydrogen-bond donors (Lipinski definition) is 2. The van der Waals surface area contributed by atoms with Crippen LogP contribution in [0.4, 0.5) is 11.8 Å². The molecule has 0 fully saturated rings. The lowest BCUT2D eigenvalue weighted by Gasteiger charge is -2.14. The van der Waals surface area contributed by atoms with Gasteiger partial charge in [0.15, 0.2) is 0 Å². The number of para-hydroxylation sites is 1. The molecule has 0 aliphatic heterocycles. The molecule has 0 atom stereocenters. The number of nitrogens with zero attached hydrogens (tertiary/aromatic N) is 4. The maximum atomic E-state index is 9.47. The zero-order valence-corrected chi connectivity index (χ0v) is 16.2. The van der Waals surface area contributed by atoms with Crippen LogP contribution in [0.1, 0.15) is 11.1 Å². The van der Waals surface area contributed by atoms with Crippen molar-refractivity contribution in [2.24, 2.45) is 0 Å². The molecular formula is C22H18N6O2. The number of fused-ring (bicyclic) bond motifs is 1. The highest BCUT2D eigenvalue weighted by Gasteiger charge is 2.16. The average molecular weight is 398 g/mol. The Labute approximate surface area is 172 Å². The topological polar surface area (TPSA) is 133 Å². The molecule has 0 spiro atoms. The molecule has 8 heteroatoms. The Bertz CT molecular complexity index is 1280. The maximum absolute atomic E-state index is 9.47. The van der Waals surface area contributed by atoms with Crippen LogP contribution in [0.5, 0.6) is 11.5 Å². The molecule has 4 rings (SSSR count). The van der Waals surface area contributed by atoms with Gasteiger partial charge >= 0.3 is 0 Å². The largest absolute Gasteiger partial charge is 0.496 e. The Balaban J connectivity index is 1.72. The van der Waals surface area contributed by atoms with Crippen LogP contribution in [0, 0.1) is 11.3 Å². The molecule has 2 aromatic carbocycles.